The van der Waals surface area contributed by atoms with Crippen LogP contribution in [0.4, 0.5) is 0 Å². The zero-order valence-electron chi connectivity index (χ0n) is 7.90. The van der Waals surface area contributed by atoms with Crippen molar-refractivity contribution in [2.24, 2.45) is 0 Å². The maximum Gasteiger partial charge on any atom is 0.140 e. The van der Waals surface area contributed by atoms with Crippen LogP contribution < -0.4 is 0 Å². The predicted molar refractivity (Wildman–Crippen MR) is 68.5 cm³/mol. The molecule has 1 fully saturated rings. The van der Waals surface area contributed by atoms with Crippen molar-refractivity contribution in [2.45, 2.75) is 25.2 Å². The van der Waals surface area contributed by atoms with Crippen molar-refractivity contribution in [1.29, 1.82) is 0 Å². The monoisotopic (exact) mass is 350 g/mol. The predicted octanol–water partition coefficient (Wildman–Crippen LogP) is 4.70. The molecule has 2 rings (SSSR count). The molecule has 0 saturated heterocycles. The summed E-state index contributed by atoms with van der Waals surface area (Å²) >= 11 is 12.9. The van der Waals surface area contributed by atoms with Crippen molar-refractivity contribution in [3.63, 3.8) is 0 Å². The number of hydrogen-bond donors (Lipinski definition) is 0. The minimum atomic E-state index is 0.0333. The Kier molecular flexibility index (Phi) is 3.53. The summed E-state index contributed by atoms with van der Waals surface area (Å²) in [7, 11) is 0. The van der Waals surface area contributed by atoms with Gasteiger partial charge in [-0.25, -0.2) is 0 Å². The highest BCUT2D eigenvalue weighted by Crippen LogP contribution is 2.40. The van der Waals surface area contributed by atoms with Crippen LogP contribution in [0, 0.1) is 0 Å². The van der Waals surface area contributed by atoms with Crippen LogP contribution >= 0.6 is 43.5 Å². The van der Waals surface area contributed by atoms with E-state index in [1.165, 1.54) is 0 Å². The Balaban J connectivity index is 2.47. The van der Waals surface area contributed by atoms with E-state index in [0.717, 1.165) is 27.4 Å². The molecule has 0 amide bonds. The van der Waals surface area contributed by atoms with Gasteiger partial charge in [0.15, 0.2) is 0 Å². The molecular formula is C11H9Br2ClO. The molecule has 0 aromatic heterocycles. The second-order valence-corrected chi connectivity index (χ2v) is 5.84. The Morgan fingerprint density at radius 3 is 2.33 bits per heavy atom. The number of carbonyl (C=O) groups is 1. The summed E-state index contributed by atoms with van der Waals surface area (Å²) in [5, 5.41) is 0.669. The van der Waals surface area contributed by atoms with Gasteiger partial charge in [-0.05, 0) is 30.5 Å². The molecule has 0 spiro atoms. The van der Waals surface area contributed by atoms with Crippen LogP contribution in [0.25, 0.3) is 0 Å². The fourth-order valence-electron chi connectivity index (χ4n) is 2.01. The smallest absolute Gasteiger partial charge is 0.140 e. The summed E-state index contributed by atoms with van der Waals surface area (Å²) in [6.45, 7) is 0. The fraction of sp³-hybridized carbons (Fsp3) is 0.364. The average molecular weight is 352 g/mol. The summed E-state index contributed by atoms with van der Waals surface area (Å²) in [4.78, 5) is 11.7. The number of rotatable bonds is 1. The lowest BCUT2D eigenvalue weighted by Crippen LogP contribution is -2.05. The first-order valence-corrected chi connectivity index (χ1v) is 6.73. The third-order valence-corrected chi connectivity index (χ3v) is 4.23. The Hall–Kier alpha value is 0.140. The standard InChI is InChI=1S/C11H9Br2ClO/c12-8-4-6(14)5-9(13)11(8)7-2-1-3-10(7)15/h4-5,7H,1-3H2. The van der Waals surface area contributed by atoms with Crippen LogP contribution in [-0.2, 0) is 4.79 Å². The molecule has 80 valence electrons. The normalized spacial score (nSPS) is 21.0. The number of ketones is 1. The summed E-state index contributed by atoms with van der Waals surface area (Å²) < 4.78 is 1.84. The van der Waals surface area contributed by atoms with Crippen LogP contribution in [0.1, 0.15) is 30.7 Å². The van der Waals surface area contributed by atoms with E-state index in [0.29, 0.717) is 17.2 Å². The van der Waals surface area contributed by atoms with Crippen molar-refractivity contribution in [3.8, 4) is 0 Å². The molecule has 0 radical (unpaired) electrons. The molecule has 15 heavy (non-hydrogen) atoms. The number of carbonyl (C=O) groups excluding carboxylic acids is 1. The van der Waals surface area contributed by atoms with Crippen LogP contribution in [0.2, 0.25) is 5.02 Å². The Labute approximate surface area is 110 Å². The minimum absolute atomic E-state index is 0.0333. The van der Waals surface area contributed by atoms with E-state index >= 15 is 0 Å². The van der Waals surface area contributed by atoms with E-state index in [2.05, 4.69) is 31.9 Å². The number of benzene rings is 1. The molecule has 1 saturated carbocycles. The van der Waals surface area contributed by atoms with Crippen molar-refractivity contribution in [3.05, 3.63) is 31.7 Å². The van der Waals surface area contributed by atoms with E-state index in [1.807, 2.05) is 12.1 Å². The number of Topliss-reactive ketones (excluding diaryl/α,β-unsaturated/α-hetero) is 1. The summed E-state index contributed by atoms with van der Waals surface area (Å²) in [6.07, 6.45) is 2.63. The topological polar surface area (TPSA) is 17.1 Å². The molecule has 1 aliphatic rings. The molecule has 1 unspecified atom stereocenters. The maximum atomic E-state index is 11.7. The third kappa shape index (κ3) is 2.29. The second-order valence-electron chi connectivity index (χ2n) is 3.69. The molecule has 1 atom stereocenters. The van der Waals surface area contributed by atoms with Gasteiger partial charge in [-0.2, -0.15) is 0 Å². The van der Waals surface area contributed by atoms with Gasteiger partial charge in [0.25, 0.3) is 0 Å². The first kappa shape index (κ1) is 11.6. The molecule has 0 aliphatic heterocycles. The second kappa shape index (κ2) is 4.56. The van der Waals surface area contributed by atoms with Crippen LogP contribution in [0.3, 0.4) is 0 Å². The molecule has 1 aliphatic carbocycles. The molecule has 0 bridgehead atoms. The van der Waals surface area contributed by atoms with E-state index in [4.69, 9.17) is 11.6 Å². The maximum absolute atomic E-state index is 11.7. The summed E-state index contributed by atoms with van der Waals surface area (Å²) in [5.74, 6) is 0.365. The van der Waals surface area contributed by atoms with Gasteiger partial charge in [0.2, 0.25) is 0 Å². The molecule has 1 aromatic carbocycles. The molecular weight excluding hydrogens is 343 g/mol. The van der Waals surface area contributed by atoms with Crippen molar-refractivity contribution >= 4 is 49.2 Å². The van der Waals surface area contributed by atoms with Crippen LogP contribution in [0.15, 0.2) is 21.1 Å². The zero-order chi connectivity index (χ0) is 11.0. The van der Waals surface area contributed by atoms with Gasteiger partial charge >= 0.3 is 0 Å². The average Bonchev–Trinajstić information content (AvgIpc) is 2.50. The van der Waals surface area contributed by atoms with E-state index < -0.39 is 0 Å². The lowest BCUT2D eigenvalue weighted by atomic mass is 9.97. The highest BCUT2D eigenvalue weighted by molar-refractivity contribution is 9.11. The lowest BCUT2D eigenvalue weighted by molar-refractivity contribution is -0.118. The van der Waals surface area contributed by atoms with Crippen LogP contribution in [-0.4, -0.2) is 5.78 Å². The van der Waals surface area contributed by atoms with E-state index in [-0.39, 0.29) is 5.92 Å². The highest BCUT2D eigenvalue weighted by Gasteiger charge is 2.29. The molecule has 1 aromatic rings. The van der Waals surface area contributed by atoms with E-state index in [9.17, 15) is 4.79 Å². The quantitative estimate of drug-likeness (QED) is 0.716. The van der Waals surface area contributed by atoms with Crippen molar-refractivity contribution in [1.82, 2.24) is 0 Å². The Morgan fingerprint density at radius 1 is 1.27 bits per heavy atom. The Bertz CT molecular complexity index is 394. The zero-order valence-corrected chi connectivity index (χ0v) is 11.8. The largest absolute Gasteiger partial charge is 0.299 e. The fourth-order valence-corrected chi connectivity index (χ4v) is 4.23. The molecule has 1 nitrogen and oxygen atoms in total. The first-order valence-electron chi connectivity index (χ1n) is 4.76. The van der Waals surface area contributed by atoms with Gasteiger partial charge in [-0.15, -0.1) is 0 Å². The van der Waals surface area contributed by atoms with Crippen LogP contribution in [0.5, 0.6) is 0 Å². The molecule has 4 heteroatoms. The van der Waals surface area contributed by atoms with Gasteiger partial charge in [0, 0.05) is 26.3 Å². The van der Waals surface area contributed by atoms with Gasteiger partial charge in [0.05, 0.1) is 0 Å². The van der Waals surface area contributed by atoms with Gasteiger partial charge in [-0.3, -0.25) is 4.79 Å². The number of halogens is 3. The first-order chi connectivity index (χ1) is 7.09. The SMILES string of the molecule is O=C1CCCC1c1c(Br)cc(Cl)cc1Br. The Morgan fingerprint density at radius 2 is 1.87 bits per heavy atom. The van der Waals surface area contributed by atoms with E-state index in [1.54, 1.807) is 0 Å². The van der Waals surface area contributed by atoms with Gasteiger partial charge in [0.1, 0.15) is 5.78 Å². The highest BCUT2D eigenvalue weighted by atomic mass is 79.9. The lowest BCUT2D eigenvalue weighted by Gasteiger charge is -2.13. The molecule has 0 heterocycles. The van der Waals surface area contributed by atoms with Crippen molar-refractivity contribution in [2.75, 3.05) is 0 Å². The van der Waals surface area contributed by atoms with Gasteiger partial charge < -0.3 is 0 Å². The summed E-state index contributed by atoms with van der Waals surface area (Å²) in [6, 6.07) is 3.68. The summed E-state index contributed by atoms with van der Waals surface area (Å²) in [5.41, 5.74) is 1.04. The molecule has 0 N–H and O–H groups in total. The van der Waals surface area contributed by atoms with Gasteiger partial charge in [-0.1, -0.05) is 43.5 Å². The minimum Gasteiger partial charge on any atom is -0.299 e. The number of hydrogen-bond acceptors (Lipinski definition) is 1. The van der Waals surface area contributed by atoms with Crippen molar-refractivity contribution < 1.29 is 4.79 Å². The third-order valence-electron chi connectivity index (χ3n) is 2.70.